The second kappa shape index (κ2) is 9.32. The van der Waals surface area contributed by atoms with Crippen molar-refractivity contribution in [3.8, 4) is 11.5 Å². The summed E-state index contributed by atoms with van der Waals surface area (Å²) in [6, 6.07) is 6.66. The van der Waals surface area contributed by atoms with Crippen molar-refractivity contribution >= 4 is 6.03 Å². The van der Waals surface area contributed by atoms with Gasteiger partial charge in [0, 0.05) is 23.7 Å². The smallest absolute Gasteiger partial charge is 0.315 e. The number of methoxy groups -OCH3 is 2. The molecule has 0 spiro atoms. The fourth-order valence-electron chi connectivity index (χ4n) is 5.31. The van der Waals surface area contributed by atoms with E-state index in [4.69, 9.17) is 9.47 Å². The van der Waals surface area contributed by atoms with Gasteiger partial charge in [0.15, 0.2) is 11.5 Å². The summed E-state index contributed by atoms with van der Waals surface area (Å²) in [5.41, 5.74) is 2.97. The number of hydrogen-bond acceptors (Lipinski definition) is 6. The molecule has 2 N–H and O–H groups in total. The Morgan fingerprint density at radius 2 is 2.00 bits per heavy atom. The number of likely N-dealkylation sites (tertiary alicyclic amines) is 1. The third-order valence-electron chi connectivity index (χ3n) is 7.09. The zero-order valence-electron chi connectivity index (χ0n) is 19.4. The van der Waals surface area contributed by atoms with Crippen molar-refractivity contribution in [3.05, 3.63) is 47.5 Å². The molecule has 8 nitrogen and oxygen atoms in total. The lowest BCUT2D eigenvalue weighted by Gasteiger charge is -2.45. The third kappa shape index (κ3) is 4.37. The Bertz CT molecular complexity index is 951. The van der Waals surface area contributed by atoms with Crippen molar-refractivity contribution in [2.45, 2.75) is 56.7 Å². The SMILES string of the molecule is COc1ccc([C@@]23CC[C@H](NC(=O)NCc4cnc(C)cn4)C[C@H]2N(C)CC3)cc1OC. The maximum atomic E-state index is 12.5. The normalized spacial score (nSPS) is 25.1. The molecule has 1 aromatic carbocycles. The van der Waals surface area contributed by atoms with Crippen LogP contribution in [0.1, 0.15) is 42.6 Å². The molecule has 2 heterocycles. The Labute approximate surface area is 189 Å². The molecule has 2 aromatic rings. The lowest BCUT2D eigenvalue weighted by Crippen LogP contribution is -2.53. The van der Waals surface area contributed by atoms with E-state index in [2.05, 4.69) is 44.7 Å². The fraction of sp³-hybridized carbons (Fsp3) is 0.542. The number of benzene rings is 1. The van der Waals surface area contributed by atoms with E-state index in [1.54, 1.807) is 26.6 Å². The summed E-state index contributed by atoms with van der Waals surface area (Å²) < 4.78 is 11.0. The van der Waals surface area contributed by atoms with Crippen LogP contribution in [0.15, 0.2) is 30.6 Å². The molecule has 1 aliphatic heterocycles. The largest absolute Gasteiger partial charge is 0.493 e. The van der Waals surface area contributed by atoms with Crippen molar-refractivity contribution in [2.75, 3.05) is 27.8 Å². The summed E-state index contributed by atoms with van der Waals surface area (Å²) in [4.78, 5) is 23.5. The number of aromatic nitrogens is 2. The number of carbonyl (C=O) groups excluding carboxylic acids is 1. The number of nitrogens with one attached hydrogen (secondary N) is 2. The maximum Gasteiger partial charge on any atom is 0.315 e. The topological polar surface area (TPSA) is 88.6 Å². The molecule has 1 saturated carbocycles. The molecule has 0 unspecified atom stereocenters. The van der Waals surface area contributed by atoms with Crippen LogP contribution in [0, 0.1) is 6.92 Å². The van der Waals surface area contributed by atoms with Crippen molar-refractivity contribution in [2.24, 2.45) is 0 Å². The van der Waals surface area contributed by atoms with E-state index in [1.807, 2.05) is 13.0 Å². The quantitative estimate of drug-likeness (QED) is 0.720. The van der Waals surface area contributed by atoms with E-state index in [9.17, 15) is 4.79 Å². The van der Waals surface area contributed by atoms with Gasteiger partial charge in [-0.3, -0.25) is 9.97 Å². The Morgan fingerprint density at radius 1 is 1.19 bits per heavy atom. The molecule has 0 bridgehead atoms. The molecule has 32 heavy (non-hydrogen) atoms. The molecule has 1 aromatic heterocycles. The molecule has 8 heteroatoms. The number of hydrogen-bond donors (Lipinski definition) is 2. The summed E-state index contributed by atoms with van der Waals surface area (Å²) in [5, 5.41) is 6.08. The molecule has 2 fully saturated rings. The second-order valence-corrected chi connectivity index (χ2v) is 8.92. The number of urea groups is 1. The Kier molecular flexibility index (Phi) is 6.50. The van der Waals surface area contributed by atoms with Gasteiger partial charge in [-0.05, 0) is 63.9 Å². The van der Waals surface area contributed by atoms with Crippen LogP contribution in [0.25, 0.3) is 0 Å². The summed E-state index contributed by atoms with van der Waals surface area (Å²) in [5.74, 6) is 1.52. The first kappa shape index (κ1) is 22.3. The molecule has 2 amide bonds. The minimum atomic E-state index is -0.156. The summed E-state index contributed by atoms with van der Waals surface area (Å²) in [6.07, 6.45) is 7.39. The number of likely N-dealkylation sites (N-methyl/N-ethyl adjacent to an activating group) is 1. The van der Waals surface area contributed by atoms with Crippen LogP contribution in [0.4, 0.5) is 4.79 Å². The highest BCUT2D eigenvalue weighted by Crippen LogP contribution is 2.49. The van der Waals surface area contributed by atoms with Crippen LogP contribution in [0.5, 0.6) is 11.5 Å². The molecular weight excluding hydrogens is 406 g/mol. The monoisotopic (exact) mass is 439 g/mol. The zero-order valence-corrected chi connectivity index (χ0v) is 19.4. The average Bonchev–Trinajstić information content (AvgIpc) is 3.15. The first-order valence-electron chi connectivity index (χ1n) is 11.2. The number of nitrogens with zero attached hydrogens (tertiary/aromatic N) is 3. The van der Waals surface area contributed by atoms with Crippen molar-refractivity contribution in [3.63, 3.8) is 0 Å². The van der Waals surface area contributed by atoms with Crippen LogP contribution < -0.4 is 20.1 Å². The number of carbonyl (C=O) groups is 1. The lowest BCUT2D eigenvalue weighted by atomic mass is 9.65. The van der Waals surface area contributed by atoms with Gasteiger partial charge in [0.25, 0.3) is 0 Å². The van der Waals surface area contributed by atoms with Crippen LogP contribution >= 0.6 is 0 Å². The van der Waals surface area contributed by atoms with Gasteiger partial charge in [0.2, 0.25) is 0 Å². The zero-order chi connectivity index (χ0) is 22.7. The Hall–Kier alpha value is -2.87. The molecule has 172 valence electrons. The van der Waals surface area contributed by atoms with E-state index in [1.165, 1.54) is 5.56 Å². The lowest BCUT2D eigenvalue weighted by molar-refractivity contribution is 0.154. The highest BCUT2D eigenvalue weighted by Gasteiger charge is 2.50. The average molecular weight is 440 g/mol. The van der Waals surface area contributed by atoms with Gasteiger partial charge in [-0.15, -0.1) is 0 Å². The van der Waals surface area contributed by atoms with Crippen LogP contribution in [0.3, 0.4) is 0 Å². The minimum Gasteiger partial charge on any atom is -0.493 e. The number of fused-ring (bicyclic) bond motifs is 1. The van der Waals surface area contributed by atoms with Gasteiger partial charge in [0.1, 0.15) is 0 Å². The number of amides is 2. The Balaban J connectivity index is 1.42. The molecule has 3 atom stereocenters. The third-order valence-corrected chi connectivity index (χ3v) is 7.09. The van der Waals surface area contributed by atoms with Gasteiger partial charge in [0.05, 0.1) is 38.3 Å². The summed E-state index contributed by atoms with van der Waals surface area (Å²) in [6.45, 7) is 3.30. The van der Waals surface area contributed by atoms with Crippen LogP contribution in [-0.2, 0) is 12.0 Å². The first-order valence-corrected chi connectivity index (χ1v) is 11.2. The molecule has 0 radical (unpaired) electrons. The van der Waals surface area contributed by atoms with E-state index in [0.29, 0.717) is 12.6 Å². The van der Waals surface area contributed by atoms with Crippen molar-refractivity contribution in [1.29, 1.82) is 0 Å². The van der Waals surface area contributed by atoms with Crippen LogP contribution in [-0.4, -0.2) is 60.8 Å². The van der Waals surface area contributed by atoms with Gasteiger partial charge in [-0.25, -0.2) is 4.79 Å². The van der Waals surface area contributed by atoms with E-state index >= 15 is 0 Å². The molecule has 1 saturated heterocycles. The number of ether oxygens (including phenoxy) is 2. The predicted molar refractivity (Wildman–Crippen MR) is 122 cm³/mol. The summed E-state index contributed by atoms with van der Waals surface area (Å²) >= 11 is 0. The molecule has 2 aliphatic rings. The highest BCUT2D eigenvalue weighted by molar-refractivity contribution is 5.74. The van der Waals surface area contributed by atoms with E-state index < -0.39 is 0 Å². The van der Waals surface area contributed by atoms with Crippen molar-refractivity contribution in [1.82, 2.24) is 25.5 Å². The van der Waals surface area contributed by atoms with Gasteiger partial charge < -0.3 is 25.0 Å². The number of aryl methyl sites for hydroxylation is 1. The second-order valence-electron chi connectivity index (χ2n) is 8.92. The fourth-order valence-corrected chi connectivity index (χ4v) is 5.31. The summed E-state index contributed by atoms with van der Waals surface area (Å²) in [7, 11) is 5.53. The molecule has 4 rings (SSSR count). The van der Waals surface area contributed by atoms with Gasteiger partial charge in [-0.1, -0.05) is 6.07 Å². The minimum absolute atomic E-state index is 0.0699. The van der Waals surface area contributed by atoms with Crippen molar-refractivity contribution < 1.29 is 14.3 Å². The first-order chi connectivity index (χ1) is 15.4. The van der Waals surface area contributed by atoms with Gasteiger partial charge >= 0.3 is 6.03 Å². The maximum absolute atomic E-state index is 12.5. The van der Waals surface area contributed by atoms with Gasteiger partial charge in [-0.2, -0.15) is 0 Å². The van der Waals surface area contributed by atoms with Crippen LogP contribution in [0.2, 0.25) is 0 Å². The molecule has 1 aliphatic carbocycles. The van der Waals surface area contributed by atoms with E-state index in [-0.39, 0.29) is 17.5 Å². The number of rotatable bonds is 6. The standard InChI is InChI=1S/C24H33N5O3/c1-16-13-26-19(14-25-16)15-27-23(30)28-18-7-8-24(9-10-29(2)22(24)12-18)17-5-6-20(31-3)21(11-17)32-4/h5-6,11,13-14,18,22H,7-10,12,15H2,1-4H3,(H2,27,28,30)/t18-,22+,24-/m0/s1. The molecular formula is C24H33N5O3. The highest BCUT2D eigenvalue weighted by atomic mass is 16.5. The van der Waals surface area contributed by atoms with E-state index in [0.717, 1.165) is 55.1 Å². The Morgan fingerprint density at radius 3 is 2.72 bits per heavy atom. The predicted octanol–water partition coefficient (Wildman–Crippen LogP) is 2.80.